The largest absolute Gasteiger partial charge is 0.314 e. The van der Waals surface area contributed by atoms with E-state index < -0.39 is 10.0 Å². The lowest BCUT2D eigenvalue weighted by molar-refractivity contribution is 0.577. The second-order valence-electron chi connectivity index (χ2n) is 5.83. The number of sulfonamides is 1. The van der Waals surface area contributed by atoms with Crippen LogP contribution in [0, 0.1) is 5.92 Å². The van der Waals surface area contributed by atoms with Crippen molar-refractivity contribution in [3.8, 4) is 0 Å². The summed E-state index contributed by atoms with van der Waals surface area (Å²) in [6.45, 7) is 1.52. The molecule has 0 aliphatic heterocycles. The standard InChI is InChI=1S/C14H22N2O2S2/c17-20(18,16-10-7-11-1-2-11)14-6-5-13(19-14)8-9-15-12-3-4-12/h5-6,11-12,15-16H,1-4,7-10H2. The second-order valence-corrected chi connectivity index (χ2v) is 8.99. The van der Waals surface area contributed by atoms with E-state index in [4.69, 9.17) is 0 Å². The van der Waals surface area contributed by atoms with Gasteiger partial charge in [0, 0.05) is 24.0 Å². The van der Waals surface area contributed by atoms with Gasteiger partial charge < -0.3 is 5.32 Å². The van der Waals surface area contributed by atoms with Crippen molar-refractivity contribution in [1.29, 1.82) is 0 Å². The Labute approximate surface area is 125 Å². The fourth-order valence-electron chi connectivity index (χ4n) is 2.20. The Morgan fingerprint density at radius 1 is 1.15 bits per heavy atom. The number of rotatable bonds is 9. The fourth-order valence-corrected chi connectivity index (χ4v) is 4.65. The van der Waals surface area contributed by atoms with Crippen molar-refractivity contribution in [1.82, 2.24) is 10.0 Å². The zero-order valence-corrected chi connectivity index (χ0v) is 13.2. The summed E-state index contributed by atoms with van der Waals surface area (Å²) in [6.07, 6.45) is 6.99. The van der Waals surface area contributed by atoms with Crippen LogP contribution in [0.15, 0.2) is 16.3 Å². The van der Waals surface area contributed by atoms with Crippen molar-refractivity contribution >= 4 is 21.4 Å². The van der Waals surface area contributed by atoms with Gasteiger partial charge in [0.25, 0.3) is 0 Å². The highest BCUT2D eigenvalue weighted by Gasteiger charge is 2.23. The molecule has 1 aromatic rings. The van der Waals surface area contributed by atoms with Gasteiger partial charge in [-0.15, -0.1) is 11.3 Å². The molecule has 4 nitrogen and oxygen atoms in total. The number of hydrogen-bond acceptors (Lipinski definition) is 4. The predicted molar refractivity (Wildman–Crippen MR) is 81.6 cm³/mol. The molecule has 0 atom stereocenters. The van der Waals surface area contributed by atoms with Crippen LogP contribution in [0.2, 0.25) is 0 Å². The minimum absolute atomic E-state index is 0.453. The van der Waals surface area contributed by atoms with Crippen LogP contribution in [0.1, 0.15) is 37.0 Å². The van der Waals surface area contributed by atoms with Crippen LogP contribution in [0.3, 0.4) is 0 Å². The third-order valence-electron chi connectivity index (χ3n) is 3.83. The van der Waals surface area contributed by atoms with E-state index in [9.17, 15) is 8.42 Å². The number of hydrogen-bond donors (Lipinski definition) is 2. The molecule has 6 heteroatoms. The van der Waals surface area contributed by atoms with Crippen molar-refractivity contribution in [2.75, 3.05) is 13.1 Å². The Kier molecular flexibility index (Phi) is 4.45. The maximum Gasteiger partial charge on any atom is 0.250 e. The van der Waals surface area contributed by atoms with Crippen molar-refractivity contribution in [3.63, 3.8) is 0 Å². The van der Waals surface area contributed by atoms with Crippen LogP contribution in [0.25, 0.3) is 0 Å². The summed E-state index contributed by atoms with van der Waals surface area (Å²) < 4.78 is 27.4. The van der Waals surface area contributed by atoms with Crippen LogP contribution in [0.5, 0.6) is 0 Å². The molecule has 2 aliphatic carbocycles. The van der Waals surface area contributed by atoms with Crippen molar-refractivity contribution in [2.45, 2.75) is 48.8 Å². The van der Waals surface area contributed by atoms with Gasteiger partial charge in [0.2, 0.25) is 10.0 Å². The Morgan fingerprint density at radius 2 is 1.95 bits per heavy atom. The van der Waals surface area contributed by atoms with Gasteiger partial charge in [-0.3, -0.25) is 0 Å². The average Bonchev–Trinajstić information content (AvgIpc) is 3.31. The Hall–Kier alpha value is -0.430. The molecule has 0 amide bonds. The molecule has 20 heavy (non-hydrogen) atoms. The lowest BCUT2D eigenvalue weighted by Crippen LogP contribution is -2.24. The van der Waals surface area contributed by atoms with Crippen molar-refractivity contribution in [2.24, 2.45) is 5.92 Å². The SMILES string of the molecule is O=S(=O)(NCCC1CC1)c1ccc(CCNC2CC2)s1. The molecule has 0 radical (unpaired) electrons. The molecule has 0 spiro atoms. The molecular weight excluding hydrogens is 292 g/mol. The molecule has 2 fully saturated rings. The molecule has 0 bridgehead atoms. The van der Waals surface area contributed by atoms with Crippen LogP contribution in [-0.4, -0.2) is 27.5 Å². The summed E-state index contributed by atoms with van der Waals surface area (Å²) in [7, 11) is -3.29. The van der Waals surface area contributed by atoms with E-state index in [1.807, 2.05) is 6.07 Å². The molecule has 112 valence electrons. The first kappa shape index (κ1) is 14.5. The first-order valence-corrected chi connectivity index (χ1v) is 9.75. The minimum Gasteiger partial charge on any atom is -0.314 e. The van der Waals surface area contributed by atoms with Gasteiger partial charge in [0.15, 0.2) is 0 Å². The van der Waals surface area contributed by atoms with Crippen molar-refractivity contribution in [3.05, 3.63) is 17.0 Å². The smallest absolute Gasteiger partial charge is 0.250 e. The third kappa shape index (κ3) is 4.28. The van der Waals surface area contributed by atoms with E-state index in [0.717, 1.165) is 30.2 Å². The summed E-state index contributed by atoms with van der Waals surface area (Å²) >= 11 is 1.40. The highest BCUT2D eigenvalue weighted by molar-refractivity contribution is 7.91. The average molecular weight is 314 g/mol. The molecule has 3 rings (SSSR count). The van der Waals surface area contributed by atoms with Gasteiger partial charge in [-0.05, 0) is 43.7 Å². The van der Waals surface area contributed by atoms with Gasteiger partial charge in [-0.1, -0.05) is 12.8 Å². The maximum atomic E-state index is 12.1. The van der Waals surface area contributed by atoms with Gasteiger partial charge in [0.05, 0.1) is 0 Å². The summed E-state index contributed by atoms with van der Waals surface area (Å²) in [5.41, 5.74) is 0. The monoisotopic (exact) mass is 314 g/mol. The number of thiophene rings is 1. The van der Waals surface area contributed by atoms with Crippen LogP contribution >= 0.6 is 11.3 Å². The normalized spacial score (nSPS) is 19.4. The molecule has 2 aliphatic rings. The quantitative estimate of drug-likeness (QED) is 0.734. The summed E-state index contributed by atoms with van der Waals surface area (Å²) in [4.78, 5) is 1.14. The summed E-state index contributed by atoms with van der Waals surface area (Å²) in [5, 5.41) is 3.45. The molecule has 1 aromatic heterocycles. The first-order valence-electron chi connectivity index (χ1n) is 7.45. The van der Waals surface area contributed by atoms with E-state index >= 15 is 0 Å². The van der Waals surface area contributed by atoms with Crippen molar-refractivity contribution < 1.29 is 8.42 Å². The second kappa shape index (κ2) is 6.13. The maximum absolute atomic E-state index is 12.1. The van der Waals surface area contributed by atoms with Gasteiger partial charge >= 0.3 is 0 Å². The Balaban J connectivity index is 1.47. The predicted octanol–water partition coefficient (Wildman–Crippen LogP) is 2.12. The highest BCUT2D eigenvalue weighted by Crippen LogP contribution is 2.32. The minimum atomic E-state index is -3.29. The van der Waals surface area contributed by atoms with E-state index in [2.05, 4.69) is 10.0 Å². The molecule has 1 heterocycles. The number of nitrogens with one attached hydrogen (secondary N) is 2. The topological polar surface area (TPSA) is 58.2 Å². The van der Waals surface area contributed by atoms with Crippen LogP contribution in [0.4, 0.5) is 0 Å². The van der Waals surface area contributed by atoms with E-state index in [1.165, 1.54) is 37.0 Å². The third-order valence-corrected chi connectivity index (χ3v) is 6.92. The highest BCUT2D eigenvalue weighted by atomic mass is 32.2. The molecule has 0 unspecified atom stereocenters. The zero-order chi connectivity index (χ0) is 14.0. The lowest BCUT2D eigenvalue weighted by atomic mass is 10.3. The molecule has 2 N–H and O–H groups in total. The molecule has 0 saturated heterocycles. The summed E-state index contributed by atoms with van der Waals surface area (Å²) in [6, 6.07) is 4.38. The fraction of sp³-hybridized carbons (Fsp3) is 0.714. The van der Waals surface area contributed by atoms with Gasteiger partial charge in [-0.25, -0.2) is 13.1 Å². The van der Waals surface area contributed by atoms with E-state index in [-0.39, 0.29) is 0 Å². The Bertz CT molecular complexity index is 545. The van der Waals surface area contributed by atoms with E-state index in [1.54, 1.807) is 6.07 Å². The molecule has 2 saturated carbocycles. The Morgan fingerprint density at radius 3 is 2.65 bits per heavy atom. The molecule has 0 aromatic carbocycles. The van der Waals surface area contributed by atoms with Crippen LogP contribution in [-0.2, 0) is 16.4 Å². The summed E-state index contributed by atoms with van der Waals surface area (Å²) in [5.74, 6) is 0.755. The van der Waals surface area contributed by atoms with Gasteiger partial charge in [-0.2, -0.15) is 0 Å². The van der Waals surface area contributed by atoms with Gasteiger partial charge in [0.1, 0.15) is 4.21 Å². The zero-order valence-electron chi connectivity index (χ0n) is 11.6. The molecular formula is C14H22N2O2S2. The van der Waals surface area contributed by atoms with Crippen LogP contribution < -0.4 is 10.0 Å². The lowest BCUT2D eigenvalue weighted by Gasteiger charge is -2.03. The first-order chi connectivity index (χ1) is 9.63. The van der Waals surface area contributed by atoms with E-state index in [0.29, 0.717) is 16.8 Å².